The number of aryl methyl sites for hydroxylation is 2. The van der Waals surface area contributed by atoms with Gasteiger partial charge in [0.15, 0.2) is 0 Å². The highest BCUT2D eigenvalue weighted by Crippen LogP contribution is 2.35. The Morgan fingerprint density at radius 2 is 1.44 bits per heavy atom. The van der Waals surface area contributed by atoms with E-state index >= 15 is 0 Å². The van der Waals surface area contributed by atoms with Crippen molar-refractivity contribution in [3.05, 3.63) is 58.6 Å². The minimum absolute atomic E-state index is 0.0924. The summed E-state index contributed by atoms with van der Waals surface area (Å²) in [6.45, 7) is 8.86. The van der Waals surface area contributed by atoms with Crippen LogP contribution in [-0.4, -0.2) is 93.1 Å². The molecule has 6 rings (SSSR count). The third kappa shape index (κ3) is 8.56. The van der Waals surface area contributed by atoms with Gasteiger partial charge in [-0.3, -0.25) is 9.59 Å². The lowest BCUT2D eigenvalue weighted by molar-refractivity contribution is -0.136. The van der Waals surface area contributed by atoms with Crippen LogP contribution in [0.25, 0.3) is 21.6 Å². The number of rotatable bonds is 13. The van der Waals surface area contributed by atoms with Crippen LogP contribution in [0.5, 0.6) is 0 Å². The maximum absolute atomic E-state index is 13.6. The molecule has 0 aliphatic carbocycles. The van der Waals surface area contributed by atoms with Crippen molar-refractivity contribution in [2.24, 2.45) is 11.8 Å². The maximum atomic E-state index is 13.6. The number of carbonyl (C=O) groups is 4. The van der Waals surface area contributed by atoms with Crippen LogP contribution in [0.4, 0.5) is 9.59 Å². The van der Waals surface area contributed by atoms with E-state index in [4.69, 9.17) is 14.5 Å². The number of imidazole rings is 2. The molecule has 14 nitrogen and oxygen atoms in total. The highest BCUT2D eigenvalue weighted by molar-refractivity contribution is 7.15. The molecule has 0 spiro atoms. The van der Waals surface area contributed by atoms with Gasteiger partial charge in [0.2, 0.25) is 11.8 Å². The van der Waals surface area contributed by atoms with Crippen molar-refractivity contribution in [2.45, 2.75) is 96.8 Å². The largest absolute Gasteiger partial charge is 0.453 e. The molecule has 5 heterocycles. The van der Waals surface area contributed by atoms with Crippen molar-refractivity contribution in [3.63, 3.8) is 0 Å². The second-order valence-electron chi connectivity index (χ2n) is 14.9. The van der Waals surface area contributed by atoms with Crippen molar-refractivity contribution in [1.82, 2.24) is 40.4 Å². The van der Waals surface area contributed by atoms with E-state index in [0.717, 1.165) is 78.2 Å². The molecular weight excluding hydrogens is 709 g/mol. The number of amides is 4. The Morgan fingerprint density at radius 3 is 2.04 bits per heavy atom. The molecule has 0 radical (unpaired) electrons. The first kappa shape index (κ1) is 38.8. The van der Waals surface area contributed by atoms with E-state index < -0.39 is 24.3 Å². The summed E-state index contributed by atoms with van der Waals surface area (Å²) in [6, 6.07) is 8.90. The van der Waals surface area contributed by atoms with Crippen LogP contribution >= 0.6 is 11.3 Å². The lowest BCUT2D eigenvalue weighted by atomic mass is 10.0. The Balaban J connectivity index is 1.05. The molecule has 0 bridgehead atoms. The van der Waals surface area contributed by atoms with Gasteiger partial charge in [-0.1, -0.05) is 33.8 Å². The molecule has 2 aliphatic heterocycles. The number of carbonyl (C=O) groups excluding carboxylic acids is 4. The van der Waals surface area contributed by atoms with E-state index in [2.05, 4.69) is 49.9 Å². The van der Waals surface area contributed by atoms with Gasteiger partial charge in [0.05, 0.1) is 54.1 Å². The summed E-state index contributed by atoms with van der Waals surface area (Å²) < 4.78 is 9.52. The smallest absolute Gasteiger partial charge is 0.407 e. The van der Waals surface area contributed by atoms with Crippen LogP contribution < -0.4 is 10.6 Å². The average molecular weight is 761 g/mol. The Bertz CT molecular complexity index is 1950. The molecule has 15 heteroatoms. The minimum Gasteiger partial charge on any atom is -0.453 e. The first-order valence-electron chi connectivity index (χ1n) is 18.9. The highest BCUT2D eigenvalue weighted by Gasteiger charge is 2.39. The normalized spacial score (nSPS) is 18.4. The van der Waals surface area contributed by atoms with Crippen LogP contribution in [0, 0.1) is 11.8 Å². The molecule has 1 aromatic carbocycles. The van der Waals surface area contributed by atoms with Crippen molar-refractivity contribution in [1.29, 1.82) is 0 Å². The van der Waals surface area contributed by atoms with Crippen LogP contribution in [0.15, 0.2) is 36.5 Å². The van der Waals surface area contributed by atoms with E-state index in [-0.39, 0.29) is 35.7 Å². The Labute approximate surface area is 319 Å². The van der Waals surface area contributed by atoms with Gasteiger partial charge in [0, 0.05) is 18.0 Å². The number of nitrogens with zero attached hydrogens (tertiary/aromatic N) is 4. The van der Waals surface area contributed by atoms with Gasteiger partial charge in [-0.2, -0.15) is 0 Å². The third-order valence-electron chi connectivity index (χ3n) is 10.5. The minimum atomic E-state index is -0.674. The summed E-state index contributed by atoms with van der Waals surface area (Å²) in [7, 11) is 2.59. The Morgan fingerprint density at radius 1 is 0.833 bits per heavy atom. The van der Waals surface area contributed by atoms with E-state index in [1.165, 1.54) is 24.7 Å². The molecule has 2 fully saturated rings. The number of ether oxygens (including phenoxy) is 2. The molecule has 0 unspecified atom stereocenters. The van der Waals surface area contributed by atoms with E-state index in [9.17, 15) is 19.2 Å². The number of H-pyrrole nitrogens is 2. The third-order valence-corrected chi connectivity index (χ3v) is 11.6. The first-order chi connectivity index (χ1) is 26.0. The number of nitrogens with one attached hydrogen (secondary N) is 4. The lowest BCUT2D eigenvalue weighted by Crippen LogP contribution is -2.51. The fourth-order valence-corrected chi connectivity index (χ4v) is 8.55. The first-order valence-corrected chi connectivity index (χ1v) is 19.7. The predicted octanol–water partition coefficient (Wildman–Crippen LogP) is 6.28. The molecule has 4 N–H and O–H groups in total. The zero-order valence-corrected chi connectivity index (χ0v) is 32.8. The van der Waals surface area contributed by atoms with Crippen LogP contribution in [0.1, 0.15) is 94.0 Å². The van der Waals surface area contributed by atoms with Crippen LogP contribution in [0.2, 0.25) is 0 Å². The Kier molecular flexibility index (Phi) is 12.2. The van der Waals surface area contributed by atoms with Crippen molar-refractivity contribution >= 4 is 46.4 Å². The van der Waals surface area contributed by atoms with Gasteiger partial charge in [0.1, 0.15) is 23.7 Å². The molecular formula is C39H52N8O6S. The second kappa shape index (κ2) is 17.0. The van der Waals surface area contributed by atoms with Gasteiger partial charge < -0.3 is 39.9 Å². The van der Waals surface area contributed by atoms with Gasteiger partial charge in [-0.05, 0) is 86.6 Å². The number of hydrogen-bond donors (Lipinski definition) is 4. The zero-order chi connectivity index (χ0) is 38.5. The van der Waals surface area contributed by atoms with E-state index in [1.807, 2.05) is 49.8 Å². The van der Waals surface area contributed by atoms with Gasteiger partial charge in [0.25, 0.3) is 0 Å². The molecule has 54 heavy (non-hydrogen) atoms. The number of aromatic amines is 2. The number of fused-ring (bicyclic) bond motifs is 1. The fraction of sp³-hybridized carbons (Fsp3) is 0.538. The molecule has 2 saturated heterocycles. The highest BCUT2D eigenvalue weighted by atomic mass is 32.1. The lowest BCUT2D eigenvalue weighted by Gasteiger charge is -2.30. The number of methoxy groups -OCH3 is 2. The summed E-state index contributed by atoms with van der Waals surface area (Å²) in [6.07, 6.45) is 6.76. The topological polar surface area (TPSA) is 175 Å². The van der Waals surface area contributed by atoms with Crippen LogP contribution in [-0.2, 0) is 31.9 Å². The molecule has 4 amide bonds. The van der Waals surface area contributed by atoms with Gasteiger partial charge in [-0.25, -0.2) is 19.6 Å². The van der Waals surface area contributed by atoms with Crippen LogP contribution in [0.3, 0.4) is 0 Å². The fourth-order valence-electron chi connectivity index (χ4n) is 7.53. The number of benzene rings is 1. The number of likely N-dealkylation sites (tertiary alicyclic amines) is 2. The molecule has 290 valence electrons. The quantitative estimate of drug-likeness (QED) is 0.123. The van der Waals surface area contributed by atoms with Crippen molar-refractivity contribution in [2.75, 3.05) is 27.3 Å². The predicted molar refractivity (Wildman–Crippen MR) is 206 cm³/mol. The Hall–Kier alpha value is -4.92. The summed E-state index contributed by atoms with van der Waals surface area (Å²) in [4.78, 5) is 73.5. The van der Waals surface area contributed by atoms with Crippen molar-refractivity contribution in [3.8, 4) is 10.6 Å². The molecule has 4 atom stereocenters. The zero-order valence-electron chi connectivity index (χ0n) is 31.9. The molecule has 4 aromatic rings. The summed E-state index contributed by atoms with van der Waals surface area (Å²) in [5.41, 5.74) is 3.96. The summed E-state index contributed by atoms with van der Waals surface area (Å²) in [5.74, 6) is 1.09. The standard InChI is InChI=1S/C39H52N8O6S/c1-22(2)32(44-38(50)52-5)36(48)46-18-8-12-29(46)34-40-21-28(43-34)31-17-15-25(54-31)11-7-10-24-14-16-26-27(20-24)42-35(41-26)30-13-9-19-47(30)37(49)33(23(3)4)45-39(51)53-6/h14-17,20-23,29-30,32-33H,7-13,18-19H2,1-6H3,(H,40,43)(H,41,42)(H,44,50)(H,45,51)/t29-,30+,32+,33-/m0/s1. The number of alkyl carbamates (subject to hydrolysis) is 2. The van der Waals surface area contributed by atoms with Gasteiger partial charge >= 0.3 is 12.2 Å². The SMILES string of the molecule is COC(=O)N[C@H](C(=O)N1CCC[C@@H]1c1nc2ccc(CCCc3ccc(-c4cnc([C@@H]5CCCN5C(=O)[C@H](NC(=O)OC)C(C)C)[nH]4)s3)cc2[nH]1)C(C)C. The summed E-state index contributed by atoms with van der Waals surface area (Å²) in [5, 5.41) is 5.41. The average Bonchev–Trinajstić information content (AvgIpc) is 4.00. The monoisotopic (exact) mass is 760 g/mol. The summed E-state index contributed by atoms with van der Waals surface area (Å²) >= 11 is 1.74. The second-order valence-corrected chi connectivity index (χ2v) is 16.0. The number of aromatic nitrogens is 4. The van der Waals surface area contributed by atoms with E-state index in [0.29, 0.717) is 13.1 Å². The molecule has 2 aliphatic rings. The van der Waals surface area contributed by atoms with E-state index in [1.54, 1.807) is 11.3 Å². The number of thiophene rings is 1. The number of hydrogen-bond acceptors (Lipinski definition) is 9. The van der Waals surface area contributed by atoms with Gasteiger partial charge in [-0.15, -0.1) is 11.3 Å². The molecule has 3 aromatic heterocycles. The maximum Gasteiger partial charge on any atom is 0.407 e. The molecule has 0 saturated carbocycles. The van der Waals surface area contributed by atoms with Crippen molar-refractivity contribution < 1.29 is 28.7 Å².